The Morgan fingerprint density at radius 3 is 2.79 bits per heavy atom. The van der Waals surface area contributed by atoms with Gasteiger partial charge < -0.3 is 9.64 Å². The number of halogens is 1. The number of thioether (sulfide) groups is 1. The van der Waals surface area contributed by atoms with Crippen molar-refractivity contribution in [2.45, 2.75) is 11.6 Å². The lowest BCUT2D eigenvalue weighted by atomic mass is 10.3. The minimum absolute atomic E-state index is 0.122. The molecule has 0 aromatic carbocycles. The van der Waals surface area contributed by atoms with Crippen LogP contribution in [0.1, 0.15) is 16.9 Å². The van der Waals surface area contributed by atoms with Gasteiger partial charge in [0.25, 0.3) is 5.91 Å². The number of amides is 1. The maximum atomic E-state index is 12.1. The zero-order chi connectivity index (χ0) is 14.4. The number of rotatable bonds is 5. The van der Waals surface area contributed by atoms with E-state index in [0.717, 1.165) is 0 Å². The van der Waals surface area contributed by atoms with Crippen LogP contribution in [0.4, 0.5) is 0 Å². The Bertz CT molecular complexity index is 484. The molecule has 8 heteroatoms. The Balaban J connectivity index is 2.78. The Morgan fingerprint density at radius 2 is 2.21 bits per heavy atom. The van der Waals surface area contributed by atoms with Gasteiger partial charge in [0.1, 0.15) is 0 Å². The lowest BCUT2D eigenvalue weighted by Crippen LogP contribution is -2.30. The first-order chi connectivity index (χ1) is 8.99. The molecule has 0 atom stereocenters. The molecule has 1 aromatic rings. The van der Waals surface area contributed by atoms with E-state index in [0.29, 0.717) is 5.16 Å². The summed E-state index contributed by atoms with van der Waals surface area (Å²) >= 11 is 7.23. The van der Waals surface area contributed by atoms with Gasteiger partial charge in [-0.25, -0.2) is 9.97 Å². The number of ether oxygens (including phenoxy) is 1. The van der Waals surface area contributed by atoms with Gasteiger partial charge in [0, 0.05) is 13.6 Å². The topological polar surface area (TPSA) is 72.4 Å². The van der Waals surface area contributed by atoms with Crippen molar-refractivity contribution < 1.29 is 14.3 Å². The van der Waals surface area contributed by atoms with Crippen molar-refractivity contribution in [3.63, 3.8) is 0 Å². The van der Waals surface area contributed by atoms with E-state index in [1.165, 1.54) is 30.0 Å². The molecular weight excluding hydrogens is 290 g/mol. The molecule has 0 saturated carbocycles. The molecule has 0 N–H and O–H groups in total. The molecule has 0 spiro atoms. The maximum Gasteiger partial charge on any atom is 0.307 e. The highest BCUT2D eigenvalue weighted by Crippen LogP contribution is 2.17. The average molecular weight is 304 g/mol. The first-order valence-corrected chi connectivity index (χ1v) is 6.98. The minimum atomic E-state index is -0.377. The lowest BCUT2D eigenvalue weighted by molar-refractivity contribution is -0.140. The van der Waals surface area contributed by atoms with Crippen LogP contribution in [-0.2, 0) is 9.53 Å². The molecule has 0 aliphatic heterocycles. The molecule has 0 unspecified atom stereocenters. The highest BCUT2D eigenvalue weighted by Gasteiger charge is 2.18. The normalized spacial score (nSPS) is 10.1. The maximum absolute atomic E-state index is 12.1. The van der Waals surface area contributed by atoms with E-state index >= 15 is 0 Å². The van der Waals surface area contributed by atoms with Gasteiger partial charge in [-0.3, -0.25) is 9.59 Å². The molecule has 1 aromatic heterocycles. The lowest BCUT2D eigenvalue weighted by Gasteiger charge is -2.16. The molecule has 0 aliphatic rings. The van der Waals surface area contributed by atoms with Crippen LogP contribution >= 0.6 is 23.4 Å². The quantitative estimate of drug-likeness (QED) is 0.466. The van der Waals surface area contributed by atoms with Crippen molar-refractivity contribution in [3.05, 3.63) is 16.9 Å². The molecule has 0 fully saturated rings. The predicted octanol–water partition coefficient (Wildman–Crippen LogP) is 1.49. The highest BCUT2D eigenvalue weighted by molar-refractivity contribution is 7.98. The molecule has 1 amide bonds. The van der Waals surface area contributed by atoms with E-state index in [4.69, 9.17) is 11.6 Å². The van der Waals surface area contributed by atoms with Crippen molar-refractivity contribution in [2.75, 3.05) is 27.0 Å². The first kappa shape index (κ1) is 15.7. The van der Waals surface area contributed by atoms with Crippen LogP contribution in [0, 0.1) is 0 Å². The molecule has 0 bridgehead atoms. The van der Waals surface area contributed by atoms with Gasteiger partial charge in [-0.2, -0.15) is 0 Å². The number of carbonyl (C=O) groups is 2. The van der Waals surface area contributed by atoms with Crippen molar-refractivity contribution in [1.82, 2.24) is 14.9 Å². The van der Waals surface area contributed by atoms with Crippen molar-refractivity contribution in [3.8, 4) is 0 Å². The summed E-state index contributed by atoms with van der Waals surface area (Å²) in [5, 5.41) is 0.654. The SMILES string of the molecule is COC(=O)CCN(C)C(=O)c1nc(SC)ncc1Cl. The van der Waals surface area contributed by atoms with Gasteiger partial charge in [-0.05, 0) is 6.26 Å². The second-order valence-electron chi connectivity index (χ2n) is 3.61. The highest BCUT2D eigenvalue weighted by atomic mass is 35.5. The molecule has 1 heterocycles. The van der Waals surface area contributed by atoms with Crippen LogP contribution in [0.25, 0.3) is 0 Å². The Kier molecular flexibility index (Phi) is 6.04. The Labute approximate surface area is 120 Å². The van der Waals surface area contributed by atoms with Crippen molar-refractivity contribution in [1.29, 1.82) is 0 Å². The molecule has 0 radical (unpaired) electrons. The third-order valence-corrected chi connectivity index (χ3v) is 3.17. The fourth-order valence-electron chi connectivity index (χ4n) is 1.24. The van der Waals surface area contributed by atoms with Crippen LogP contribution in [-0.4, -0.2) is 53.7 Å². The summed E-state index contributed by atoms with van der Waals surface area (Å²) in [6.45, 7) is 0.237. The molecular formula is C11H14ClN3O3S. The van der Waals surface area contributed by atoms with Crippen LogP contribution in [0.5, 0.6) is 0 Å². The van der Waals surface area contributed by atoms with Crippen LogP contribution in [0.3, 0.4) is 0 Å². The van der Waals surface area contributed by atoms with Crippen LogP contribution in [0.2, 0.25) is 5.02 Å². The second kappa shape index (κ2) is 7.30. The fourth-order valence-corrected chi connectivity index (χ4v) is 1.76. The van der Waals surface area contributed by atoms with Gasteiger partial charge in [-0.1, -0.05) is 23.4 Å². The van der Waals surface area contributed by atoms with Gasteiger partial charge >= 0.3 is 5.97 Å². The molecule has 104 valence electrons. The van der Waals surface area contributed by atoms with Gasteiger partial charge in [-0.15, -0.1) is 0 Å². The molecule has 1 rings (SSSR count). The summed E-state index contributed by atoms with van der Waals surface area (Å²) in [6.07, 6.45) is 3.32. The number of carbonyl (C=O) groups excluding carboxylic acids is 2. The summed E-state index contributed by atoms with van der Waals surface area (Å²) < 4.78 is 4.51. The summed E-state index contributed by atoms with van der Waals surface area (Å²) in [6, 6.07) is 0. The zero-order valence-electron chi connectivity index (χ0n) is 10.8. The molecule has 6 nitrogen and oxygen atoms in total. The smallest absolute Gasteiger partial charge is 0.307 e. The average Bonchev–Trinajstić information content (AvgIpc) is 2.44. The van der Waals surface area contributed by atoms with Crippen molar-refractivity contribution >= 4 is 35.2 Å². The van der Waals surface area contributed by atoms with Crippen LogP contribution < -0.4 is 0 Å². The van der Waals surface area contributed by atoms with Crippen LogP contribution in [0.15, 0.2) is 11.4 Å². The van der Waals surface area contributed by atoms with E-state index in [9.17, 15) is 9.59 Å². The number of aromatic nitrogens is 2. The summed E-state index contributed by atoms with van der Waals surface area (Å²) in [7, 11) is 2.87. The molecule has 0 saturated heterocycles. The number of nitrogens with zero attached hydrogens (tertiary/aromatic N) is 3. The fraction of sp³-hybridized carbons (Fsp3) is 0.455. The van der Waals surface area contributed by atoms with Gasteiger partial charge in [0.2, 0.25) is 0 Å². The predicted molar refractivity (Wildman–Crippen MR) is 72.4 cm³/mol. The summed E-state index contributed by atoms with van der Waals surface area (Å²) in [5.74, 6) is -0.732. The number of hydrogen-bond acceptors (Lipinski definition) is 6. The molecule has 0 aliphatic carbocycles. The summed E-state index contributed by atoms with van der Waals surface area (Å²) in [5.41, 5.74) is 0.133. The standard InChI is InChI=1S/C11H14ClN3O3S/c1-15(5-4-8(16)18-2)10(17)9-7(12)6-13-11(14-9)19-3/h6H,4-5H2,1-3H3. The number of methoxy groups -OCH3 is 1. The third-order valence-electron chi connectivity index (χ3n) is 2.33. The number of esters is 1. The second-order valence-corrected chi connectivity index (χ2v) is 4.79. The van der Waals surface area contributed by atoms with E-state index in [2.05, 4.69) is 14.7 Å². The Morgan fingerprint density at radius 1 is 1.53 bits per heavy atom. The third kappa shape index (κ3) is 4.36. The zero-order valence-corrected chi connectivity index (χ0v) is 12.4. The number of hydrogen-bond donors (Lipinski definition) is 0. The van der Waals surface area contributed by atoms with Gasteiger partial charge in [0.05, 0.1) is 24.8 Å². The van der Waals surface area contributed by atoms with Gasteiger partial charge in [0.15, 0.2) is 10.9 Å². The monoisotopic (exact) mass is 303 g/mol. The summed E-state index contributed by atoms with van der Waals surface area (Å²) in [4.78, 5) is 32.6. The van der Waals surface area contributed by atoms with E-state index in [-0.39, 0.29) is 35.6 Å². The molecule has 19 heavy (non-hydrogen) atoms. The van der Waals surface area contributed by atoms with E-state index in [1.807, 2.05) is 0 Å². The van der Waals surface area contributed by atoms with E-state index in [1.54, 1.807) is 13.3 Å². The van der Waals surface area contributed by atoms with Crippen molar-refractivity contribution in [2.24, 2.45) is 0 Å². The largest absolute Gasteiger partial charge is 0.469 e. The Hall–Kier alpha value is -1.34. The first-order valence-electron chi connectivity index (χ1n) is 5.38. The minimum Gasteiger partial charge on any atom is -0.469 e. The van der Waals surface area contributed by atoms with E-state index < -0.39 is 0 Å².